The van der Waals surface area contributed by atoms with Gasteiger partial charge in [0.05, 0.1) is 13.2 Å². The number of nitrogens with one attached hydrogen (secondary N) is 1. The van der Waals surface area contributed by atoms with Gasteiger partial charge in [-0.1, -0.05) is 24.3 Å². The predicted molar refractivity (Wildman–Crippen MR) is 116 cm³/mol. The molecule has 0 amide bonds. The van der Waals surface area contributed by atoms with E-state index in [0.29, 0.717) is 12.5 Å². The Bertz CT molecular complexity index is 604. The number of likely N-dealkylation sites (N-methyl/N-ethyl adjacent to an activating group) is 1. The van der Waals surface area contributed by atoms with E-state index in [9.17, 15) is 0 Å². The van der Waals surface area contributed by atoms with Crippen molar-refractivity contribution in [2.45, 2.75) is 26.4 Å². The molecule has 0 aliphatic carbocycles. The van der Waals surface area contributed by atoms with Gasteiger partial charge in [-0.2, -0.15) is 0 Å². The number of aliphatic imine (C=N–C) groups is 1. The van der Waals surface area contributed by atoms with Crippen LogP contribution < -0.4 is 5.32 Å². The Kier molecular flexibility index (Phi) is 8.13. The molecule has 2 fully saturated rings. The van der Waals surface area contributed by atoms with E-state index in [0.717, 1.165) is 58.3 Å². The molecule has 2 aliphatic rings. The molecule has 2 heterocycles. The average molecular weight is 388 g/mol. The summed E-state index contributed by atoms with van der Waals surface area (Å²) in [5.74, 6) is 1.60. The van der Waals surface area contributed by atoms with Crippen LogP contribution >= 0.6 is 0 Å². The number of ether oxygens (including phenoxy) is 1. The molecule has 28 heavy (non-hydrogen) atoms. The first-order chi connectivity index (χ1) is 13.6. The Morgan fingerprint density at radius 3 is 2.54 bits per heavy atom. The molecule has 1 aromatic carbocycles. The van der Waals surface area contributed by atoms with E-state index in [4.69, 9.17) is 9.73 Å². The highest BCUT2D eigenvalue weighted by atomic mass is 16.5. The van der Waals surface area contributed by atoms with Crippen molar-refractivity contribution in [3.8, 4) is 0 Å². The van der Waals surface area contributed by atoms with Crippen LogP contribution in [0.15, 0.2) is 29.3 Å². The second kappa shape index (κ2) is 10.8. The van der Waals surface area contributed by atoms with E-state index in [2.05, 4.69) is 65.3 Å². The van der Waals surface area contributed by atoms with Gasteiger partial charge in [0.1, 0.15) is 0 Å². The average Bonchev–Trinajstić information content (AvgIpc) is 3.21. The summed E-state index contributed by atoms with van der Waals surface area (Å²) >= 11 is 0. The third-order valence-electron chi connectivity index (χ3n) is 5.69. The largest absolute Gasteiger partial charge is 0.381 e. The second-order valence-corrected chi connectivity index (χ2v) is 8.18. The number of rotatable bonds is 7. The Morgan fingerprint density at radius 1 is 1.18 bits per heavy atom. The van der Waals surface area contributed by atoms with Gasteiger partial charge in [0.15, 0.2) is 5.96 Å². The molecule has 6 nitrogen and oxygen atoms in total. The van der Waals surface area contributed by atoms with Gasteiger partial charge in [0, 0.05) is 65.4 Å². The molecule has 1 N–H and O–H groups in total. The summed E-state index contributed by atoms with van der Waals surface area (Å²) in [7, 11) is 4.33. The molecular weight excluding hydrogens is 350 g/mol. The summed E-state index contributed by atoms with van der Waals surface area (Å²) in [5.41, 5.74) is 2.65. The van der Waals surface area contributed by atoms with Gasteiger partial charge in [-0.05, 0) is 31.5 Å². The van der Waals surface area contributed by atoms with Gasteiger partial charge in [0.25, 0.3) is 0 Å². The molecule has 2 saturated heterocycles. The van der Waals surface area contributed by atoms with E-state index in [1.54, 1.807) is 0 Å². The molecule has 2 aliphatic heterocycles. The Morgan fingerprint density at radius 2 is 1.89 bits per heavy atom. The number of hydrogen-bond acceptors (Lipinski definition) is 4. The number of piperazine rings is 1. The molecule has 0 spiro atoms. The van der Waals surface area contributed by atoms with Crippen molar-refractivity contribution < 1.29 is 4.74 Å². The summed E-state index contributed by atoms with van der Waals surface area (Å²) in [6.45, 7) is 12.2. The van der Waals surface area contributed by atoms with Gasteiger partial charge in [0.2, 0.25) is 0 Å². The van der Waals surface area contributed by atoms with E-state index in [1.165, 1.54) is 24.2 Å². The lowest BCUT2D eigenvalue weighted by atomic mass is 10.1. The van der Waals surface area contributed by atoms with Crippen LogP contribution in [0.2, 0.25) is 0 Å². The molecule has 1 aromatic rings. The quantitative estimate of drug-likeness (QED) is 0.572. The smallest absolute Gasteiger partial charge is 0.193 e. The first kappa shape index (κ1) is 21.1. The van der Waals surface area contributed by atoms with Crippen LogP contribution in [-0.4, -0.2) is 87.2 Å². The fraction of sp³-hybridized carbons (Fsp3) is 0.682. The first-order valence-corrected chi connectivity index (χ1v) is 10.7. The third kappa shape index (κ3) is 6.47. The molecule has 156 valence electrons. The van der Waals surface area contributed by atoms with E-state index in [-0.39, 0.29) is 0 Å². The molecule has 0 bridgehead atoms. The van der Waals surface area contributed by atoms with Crippen molar-refractivity contribution in [3.63, 3.8) is 0 Å². The zero-order valence-electron chi connectivity index (χ0n) is 17.9. The second-order valence-electron chi connectivity index (χ2n) is 8.18. The van der Waals surface area contributed by atoms with Crippen molar-refractivity contribution in [1.82, 2.24) is 20.0 Å². The monoisotopic (exact) mass is 387 g/mol. The summed E-state index contributed by atoms with van der Waals surface area (Å²) in [5, 5.41) is 3.42. The highest BCUT2D eigenvalue weighted by Gasteiger charge is 2.19. The zero-order chi connectivity index (χ0) is 19.8. The lowest BCUT2D eigenvalue weighted by Crippen LogP contribution is -2.43. The van der Waals surface area contributed by atoms with Crippen LogP contribution in [0.25, 0.3) is 0 Å². The highest BCUT2D eigenvalue weighted by molar-refractivity contribution is 5.79. The number of nitrogens with zero attached hydrogens (tertiary/aromatic N) is 4. The summed E-state index contributed by atoms with van der Waals surface area (Å²) in [6.07, 6.45) is 1.15. The summed E-state index contributed by atoms with van der Waals surface area (Å²) < 4.78 is 5.51. The number of hydrogen-bond donors (Lipinski definition) is 1. The molecule has 0 saturated carbocycles. The van der Waals surface area contributed by atoms with Crippen molar-refractivity contribution in [1.29, 1.82) is 0 Å². The molecule has 0 aromatic heterocycles. The highest BCUT2D eigenvalue weighted by Crippen LogP contribution is 2.14. The lowest BCUT2D eigenvalue weighted by molar-refractivity contribution is 0.148. The maximum atomic E-state index is 5.51. The normalized spacial score (nSPS) is 21.8. The topological polar surface area (TPSA) is 43.3 Å². The van der Waals surface area contributed by atoms with Crippen LogP contribution in [0.4, 0.5) is 0 Å². The van der Waals surface area contributed by atoms with Crippen molar-refractivity contribution in [3.05, 3.63) is 35.4 Å². The van der Waals surface area contributed by atoms with E-state index >= 15 is 0 Å². The maximum absolute atomic E-state index is 5.51. The van der Waals surface area contributed by atoms with Crippen molar-refractivity contribution in [2.24, 2.45) is 10.9 Å². The van der Waals surface area contributed by atoms with Crippen molar-refractivity contribution in [2.75, 3.05) is 66.6 Å². The van der Waals surface area contributed by atoms with Crippen LogP contribution in [0, 0.1) is 5.92 Å². The van der Waals surface area contributed by atoms with Crippen LogP contribution in [-0.2, 0) is 17.8 Å². The minimum Gasteiger partial charge on any atom is -0.381 e. The van der Waals surface area contributed by atoms with Crippen LogP contribution in [0.5, 0.6) is 0 Å². The number of guanidine groups is 1. The fourth-order valence-electron chi connectivity index (χ4n) is 3.85. The molecule has 1 unspecified atom stereocenters. The van der Waals surface area contributed by atoms with Gasteiger partial charge in [-0.3, -0.25) is 4.90 Å². The minimum atomic E-state index is 0.614. The molecule has 1 atom stereocenters. The van der Waals surface area contributed by atoms with Crippen LogP contribution in [0.1, 0.15) is 24.5 Å². The Labute approximate surface area is 170 Å². The Hall–Kier alpha value is -1.63. The first-order valence-electron chi connectivity index (χ1n) is 10.7. The van der Waals surface area contributed by atoms with Gasteiger partial charge < -0.3 is 19.9 Å². The van der Waals surface area contributed by atoms with Crippen LogP contribution in [0.3, 0.4) is 0 Å². The van der Waals surface area contributed by atoms with E-state index in [1.807, 2.05) is 0 Å². The predicted octanol–water partition coefficient (Wildman–Crippen LogP) is 1.87. The fourth-order valence-corrected chi connectivity index (χ4v) is 3.85. The SMILES string of the molecule is CCNC(=NCc1ccc(CN2CCN(C)CC2)cc1)N(C)CC1CCOC1. The van der Waals surface area contributed by atoms with Gasteiger partial charge in [-0.15, -0.1) is 0 Å². The molecule has 0 radical (unpaired) electrons. The molecule has 6 heteroatoms. The molecular formula is C22H37N5O. The molecule has 3 rings (SSSR count). The number of benzene rings is 1. The lowest BCUT2D eigenvalue weighted by Gasteiger charge is -2.32. The zero-order valence-corrected chi connectivity index (χ0v) is 17.9. The Balaban J connectivity index is 1.51. The van der Waals surface area contributed by atoms with Gasteiger partial charge in [-0.25, -0.2) is 4.99 Å². The van der Waals surface area contributed by atoms with Gasteiger partial charge >= 0.3 is 0 Å². The maximum Gasteiger partial charge on any atom is 0.193 e. The van der Waals surface area contributed by atoms with E-state index < -0.39 is 0 Å². The minimum absolute atomic E-state index is 0.614. The summed E-state index contributed by atoms with van der Waals surface area (Å²) in [4.78, 5) is 12.0. The van der Waals surface area contributed by atoms with Crippen molar-refractivity contribution >= 4 is 5.96 Å². The standard InChI is InChI=1S/C22H37N5O/c1-4-23-22(26(3)16-21-9-14-28-18-21)24-15-19-5-7-20(8-6-19)17-27-12-10-25(2)11-13-27/h5-8,21H,4,9-18H2,1-3H3,(H,23,24). The third-order valence-corrected chi connectivity index (χ3v) is 5.69. The summed E-state index contributed by atoms with van der Waals surface area (Å²) in [6, 6.07) is 8.97.